The molecule has 0 aliphatic carbocycles. The Balaban J connectivity index is 2.05. The van der Waals surface area contributed by atoms with Crippen molar-refractivity contribution in [3.05, 3.63) is 29.3 Å². The van der Waals surface area contributed by atoms with Crippen molar-refractivity contribution in [1.82, 2.24) is 5.32 Å². The van der Waals surface area contributed by atoms with E-state index in [4.69, 9.17) is 16.3 Å². The van der Waals surface area contributed by atoms with Crippen LogP contribution in [0.5, 0.6) is 5.75 Å². The lowest BCUT2D eigenvalue weighted by atomic mass is 10.0. The molecule has 0 saturated carbocycles. The molecule has 1 heterocycles. The summed E-state index contributed by atoms with van der Waals surface area (Å²) in [5.41, 5.74) is 1.80. The third-order valence-electron chi connectivity index (χ3n) is 3.41. The Morgan fingerprint density at radius 2 is 2.28 bits per heavy atom. The van der Waals surface area contributed by atoms with Crippen molar-refractivity contribution in [2.75, 3.05) is 12.5 Å². The van der Waals surface area contributed by atoms with Gasteiger partial charge in [0.2, 0.25) is 0 Å². The van der Waals surface area contributed by atoms with Crippen LogP contribution >= 0.6 is 11.6 Å². The quantitative estimate of drug-likeness (QED) is 0.852. The molecule has 1 amide bonds. The molecule has 3 nitrogen and oxygen atoms in total. The Labute approximate surface area is 112 Å². The molecule has 1 aromatic carbocycles. The average molecular weight is 268 g/mol. The highest BCUT2D eigenvalue weighted by Crippen LogP contribution is 2.25. The van der Waals surface area contributed by atoms with Crippen LogP contribution in [0, 0.1) is 5.92 Å². The topological polar surface area (TPSA) is 38.3 Å². The number of carbonyl (C=O) groups is 1. The number of hydrogen-bond donors (Lipinski definition) is 1. The van der Waals surface area contributed by atoms with E-state index < -0.39 is 0 Å². The molecule has 0 fully saturated rings. The highest BCUT2D eigenvalue weighted by molar-refractivity contribution is 6.18. The fraction of sp³-hybridized carbons (Fsp3) is 0.500. The van der Waals surface area contributed by atoms with Crippen LogP contribution in [-0.4, -0.2) is 24.4 Å². The Morgan fingerprint density at radius 3 is 3.00 bits per heavy atom. The fourth-order valence-corrected chi connectivity index (χ4v) is 2.16. The summed E-state index contributed by atoms with van der Waals surface area (Å²) in [4.78, 5) is 12.1. The van der Waals surface area contributed by atoms with E-state index in [0.717, 1.165) is 17.7 Å². The number of rotatable bonds is 4. The number of benzene rings is 1. The van der Waals surface area contributed by atoms with Gasteiger partial charge in [-0.1, -0.05) is 6.92 Å². The highest BCUT2D eigenvalue weighted by Gasteiger charge is 2.18. The van der Waals surface area contributed by atoms with Gasteiger partial charge in [-0.25, -0.2) is 0 Å². The predicted octanol–water partition coefficient (Wildman–Crippen LogP) is 2.61. The lowest BCUT2D eigenvalue weighted by Gasteiger charge is -2.19. The summed E-state index contributed by atoms with van der Waals surface area (Å²) in [5.74, 6) is 1.65. The Hall–Kier alpha value is -1.22. The monoisotopic (exact) mass is 267 g/mol. The summed E-state index contributed by atoms with van der Waals surface area (Å²) in [6.07, 6.45) is 0.879. The summed E-state index contributed by atoms with van der Waals surface area (Å²) in [6.45, 7) is 4.70. The number of carbonyl (C=O) groups excluding carboxylic acids is 1. The molecule has 0 spiro atoms. The third-order valence-corrected chi connectivity index (χ3v) is 3.89. The van der Waals surface area contributed by atoms with Crippen LogP contribution in [0.1, 0.15) is 29.8 Å². The van der Waals surface area contributed by atoms with Crippen LogP contribution < -0.4 is 10.1 Å². The first-order chi connectivity index (χ1) is 8.61. The van der Waals surface area contributed by atoms with Crippen LogP contribution in [0.25, 0.3) is 0 Å². The van der Waals surface area contributed by atoms with E-state index in [2.05, 4.69) is 5.32 Å². The summed E-state index contributed by atoms with van der Waals surface area (Å²) in [5, 5.41) is 2.97. The van der Waals surface area contributed by atoms with Gasteiger partial charge in [0.05, 0.1) is 6.61 Å². The summed E-state index contributed by atoms with van der Waals surface area (Å²) in [6, 6.07) is 5.65. The van der Waals surface area contributed by atoms with Crippen LogP contribution in [0.3, 0.4) is 0 Å². The molecule has 1 aromatic rings. The van der Waals surface area contributed by atoms with Gasteiger partial charge in [0.1, 0.15) is 5.75 Å². The van der Waals surface area contributed by atoms with Gasteiger partial charge in [-0.2, -0.15) is 0 Å². The van der Waals surface area contributed by atoms with Crippen molar-refractivity contribution in [3.63, 3.8) is 0 Å². The van der Waals surface area contributed by atoms with Crippen LogP contribution in [0.15, 0.2) is 18.2 Å². The molecule has 98 valence electrons. The first-order valence-electron chi connectivity index (χ1n) is 6.24. The summed E-state index contributed by atoms with van der Waals surface area (Å²) < 4.78 is 5.42. The van der Waals surface area contributed by atoms with Crippen molar-refractivity contribution < 1.29 is 9.53 Å². The largest absolute Gasteiger partial charge is 0.493 e. The molecule has 0 radical (unpaired) electrons. The molecule has 0 aromatic heterocycles. The standard InChI is InChI=1S/C14H18ClNO2/c1-9(8-15)10(2)16-14(17)12-3-4-13-11(7-12)5-6-18-13/h3-4,7,9-10H,5-6,8H2,1-2H3,(H,16,17). The van der Waals surface area contributed by atoms with Gasteiger partial charge in [-0.05, 0) is 36.6 Å². The fourth-order valence-electron chi connectivity index (χ4n) is 1.89. The summed E-state index contributed by atoms with van der Waals surface area (Å²) >= 11 is 5.79. The van der Waals surface area contributed by atoms with Crippen molar-refractivity contribution in [2.45, 2.75) is 26.3 Å². The molecule has 1 aliphatic rings. The number of halogens is 1. The smallest absolute Gasteiger partial charge is 0.251 e. The molecule has 18 heavy (non-hydrogen) atoms. The molecule has 4 heteroatoms. The van der Waals surface area contributed by atoms with Gasteiger partial charge in [-0.3, -0.25) is 4.79 Å². The van der Waals surface area contributed by atoms with Crippen LogP contribution in [0.2, 0.25) is 0 Å². The second-order valence-electron chi connectivity index (χ2n) is 4.81. The Kier molecular flexibility index (Phi) is 4.12. The van der Waals surface area contributed by atoms with Crippen molar-refractivity contribution >= 4 is 17.5 Å². The minimum absolute atomic E-state index is 0.0471. The van der Waals surface area contributed by atoms with E-state index >= 15 is 0 Å². The number of alkyl halides is 1. The maximum atomic E-state index is 12.1. The van der Waals surface area contributed by atoms with Crippen molar-refractivity contribution in [1.29, 1.82) is 0 Å². The summed E-state index contributed by atoms with van der Waals surface area (Å²) in [7, 11) is 0. The lowest BCUT2D eigenvalue weighted by Crippen LogP contribution is -2.37. The molecular formula is C14H18ClNO2. The molecule has 1 aliphatic heterocycles. The second-order valence-corrected chi connectivity index (χ2v) is 5.12. The Bertz CT molecular complexity index is 447. The maximum absolute atomic E-state index is 12.1. The van der Waals surface area contributed by atoms with Gasteiger partial charge in [0.15, 0.2) is 0 Å². The zero-order chi connectivity index (χ0) is 13.1. The molecule has 2 rings (SSSR count). The SMILES string of the molecule is CC(CCl)C(C)NC(=O)c1ccc2c(c1)CCO2. The van der Waals surface area contributed by atoms with Gasteiger partial charge in [0.25, 0.3) is 5.91 Å². The van der Waals surface area contributed by atoms with Crippen molar-refractivity contribution in [3.8, 4) is 5.75 Å². The number of ether oxygens (including phenoxy) is 1. The molecule has 0 bridgehead atoms. The second kappa shape index (κ2) is 5.61. The Morgan fingerprint density at radius 1 is 1.50 bits per heavy atom. The highest BCUT2D eigenvalue weighted by atomic mass is 35.5. The van der Waals surface area contributed by atoms with E-state index in [9.17, 15) is 4.79 Å². The lowest BCUT2D eigenvalue weighted by molar-refractivity contribution is 0.0931. The van der Waals surface area contributed by atoms with E-state index in [1.54, 1.807) is 6.07 Å². The van der Waals surface area contributed by atoms with Gasteiger partial charge in [0, 0.05) is 23.9 Å². The van der Waals surface area contributed by atoms with E-state index in [0.29, 0.717) is 18.1 Å². The third kappa shape index (κ3) is 2.78. The molecular weight excluding hydrogens is 250 g/mol. The minimum Gasteiger partial charge on any atom is -0.493 e. The van der Waals surface area contributed by atoms with Gasteiger partial charge < -0.3 is 10.1 Å². The van der Waals surface area contributed by atoms with E-state index in [1.165, 1.54) is 0 Å². The van der Waals surface area contributed by atoms with Gasteiger partial charge >= 0.3 is 0 Å². The number of nitrogens with one attached hydrogen (secondary N) is 1. The number of fused-ring (bicyclic) bond motifs is 1. The van der Waals surface area contributed by atoms with Crippen LogP contribution in [-0.2, 0) is 6.42 Å². The van der Waals surface area contributed by atoms with E-state index in [-0.39, 0.29) is 17.9 Å². The number of hydrogen-bond acceptors (Lipinski definition) is 2. The van der Waals surface area contributed by atoms with E-state index in [1.807, 2.05) is 26.0 Å². The molecule has 1 N–H and O–H groups in total. The van der Waals surface area contributed by atoms with Crippen molar-refractivity contribution in [2.24, 2.45) is 5.92 Å². The first-order valence-corrected chi connectivity index (χ1v) is 6.78. The predicted molar refractivity (Wildman–Crippen MR) is 72.5 cm³/mol. The van der Waals surface area contributed by atoms with Crippen LogP contribution in [0.4, 0.5) is 0 Å². The molecule has 2 atom stereocenters. The maximum Gasteiger partial charge on any atom is 0.251 e. The minimum atomic E-state index is -0.0471. The zero-order valence-electron chi connectivity index (χ0n) is 10.7. The zero-order valence-corrected chi connectivity index (χ0v) is 11.5. The first kappa shape index (κ1) is 13.2. The normalized spacial score (nSPS) is 16.6. The average Bonchev–Trinajstić information content (AvgIpc) is 2.84. The molecule has 2 unspecified atom stereocenters. The van der Waals surface area contributed by atoms with Gasteiger partial charge in [-0.15, -0.1) is 11.6 Å². The number of amides is 1. The molecule has 0 saturated heterocycles.